The zero-order valence-corrected chi connectivity index (χ0v) is 25.8. The molecule has 242 valence electrons. The number of piperazine rings is 1. The van der Waals surface area contributed by atoms with Crippen molar-refractivity contribution in [3.05, 3.63) is 72.2 Å². The highest BCUT2D eigenvalue weighted by molar-refractivity contribution is 6.24. The molecule has 0 bridgehead atoms. The lowest BCUT2D eigenvalue weighted by Gasteiger charge is -2.35. The highest BCUT2D eigenvalue weighted by Gasteiger charge is 2.46. The lowest BCUT2D eigenvalue weighted by molar-refractivity contribution is -0.136. The van der Waals surface area contributed by atoms with E-state index in [1.165, 1.54) is 0 Å². The average molecular weight is 638 g/mol. The molecular weight excluding hydrogens is 602 g/mol. The second-order valence-corrected chi connectivity index (χ2v) is 11.9. The maximum atomic E-state index is 13.2. The van der Waals surface area contributed by atoms with E-state index in [9.17, 15) is 19.2 Å². The van der Waals surface area contributed by atoms with Crippen LogP contribution in [-0.4, -0.2) is 98.4 Å². The number of nitrogens with zero attached hydrogens (tertiary/aromatic N) is 7. The molecule has 3 aromatic heterocycles. The van der Waals surface area contributed by atoms with Gasteiger partial charge >= 0.3 is 0 Å². The number of rotatable bonds is 11. The molecule has 47 heavy (non-hydrogen) atoms. The number of anilines is 3. The molecule has 2 saturated heterocycles. The Balaban J connectivity index is 0.825. The summed E-state index contributed by atoms with van der Waals surface area (Å²) >= 11 is 0. The molecule has 4 amide bonds. The number of benzene rings is 1. The van der Waals surface area contributed by atoms with Gasteiger partial charge in [0.15, 0.2) is 0 Å². The molecule has 14 heteroatoms. The van der Waals surface area contributed by atoms with E-state index in [0.29, 0.717) is 18.3 Å². The van der Waals surface area contributed by atoms with Crippen LogP contribution in [-0.2, 0) is 9.59 Å². The predicted octanol–water partition coefficient (Wildman–Crippen LogP) is 2.64. The van der Waals surface area contributed by atoms with Crippen LogP contribution in [0.15, 0.2) is 61.1 Å². The molecule has 6 heterocycles. The largest absolute Gasteiger partial charge is 0.493 e. The second kappa shape index (κ2) is 13.2. The van der Waals surface area contributed by atoms with Crippen molar-refractivity contribution in [2.45, 2.75) is 38.1 Å². The van der Waals surface area contributed by atoms with Gasteiger partial charge in [0.1, 0.15) is 17.6 Å². The van der Waals surface area contributed by atoms with Crippen molar-refractivity contribution in [1.82, 2.24) is 34.7 Å². The van der Waals surface area contributed by atoms with Crippen molar-refractivity contribution >= 4 is 46.6 Å². The first-order valence-corrected chi connectivity index (χ1v) is 15.9. The lowest BCUT2D eigenvalue weighted by atomic mass is 10.0. The van der Waals surface area contributed by atoms with Crippen molar-refractivity contribution in [1.29, 1.82) is 0 Å². The summed E-state index contributed by atoms with van der Waals surface area (Å²) in [6.45, 7) is 5.12. The molecule has 3 aliphatic rings. The Hall–Kier alpha value is -5.37. The third-order valence-electron chi connectivity index (χ3n) is 8.79. The van der Waals surface area contributed by atoms with Gasteiger partial charge < -0.3 is 15.0 Å². The molecule has 2 fully saturated rings. The van der Waals surface area contributed by atoms with Crippen molar-refractivity contribution in [2.75, 3.05) is 49.5 Å². The van der Waals surface area contributed by atoms with E-state index in [2.05, 4.69) is 35.5 Å². The van der Waals surface area contributed by atoms with Gasteiger partial charge in [-0.25, -0.2) is 14.5 Å². The van der Waals surface area contributed by atoms with Crippen LogP contribution in [0.5, 0.6) is 5.75 Å². The van der Waals surface area contributed by atoms with Gasteiger partial charge in [0.2, 0.25) is 17.8 Å². The van der Waals surface area contributed by atoms with Gasteiger partial charge in [-0.1, -0.05) is 6.07 Å². The third-order valence-corrected chi connectivity index (χ3v) is 8.79. The number of hydrogen-bond acceptors (Lipinski definition) is 11. The number of unbranched alkanes of at least 4 members (excludes halogenated alkanes) is 2. The minimum absolute atomic E-state index is 0.0796. The van der Waals surface area contributed by atoms with Crippen LogP contribution >= 0.6 is 0 Å². The van der Waals surface area contributed by atoms with Gasteiger partial charge in [-0.2, -0.15) is 0 Å². The number of amides is 4. The molecular formula is C33H35N9O5. The fourth-order valence-corrected chi connectivity index (χ4v) is 6.27. The molecule has 14 nitrogen and oxygen atoms in total. The number of piperidine rings is 1. The molecule has 1 unspecified atom stereocenters. The Morgan fingerprint density at radius 2 is 1.77 bits per heavy atom. The maximum absolute atomic E-state index is 13.2. The van der Waals surface area contributed by atoms with Crippen LogP contribution < -0.4 is 20.3 Å². The van der Waals surface area contributed by atoms with Gasteiger partial charge in [-0.3, -0.25) is 34.3 Å². The SMILES string of the molecule is O=C1CCC(N2C(=O)c3cccc(OCCCCCN4CCN(c5ccc(Nc6ncc7cccn7n6)cn5)CC4)c3C2=O)C(=O)N1. The van der Waals surface area contributed by atoms with E-state index < -0.39 is 29.7 Å². The first-order chi connectivity index (χ1) is 22.9. The fourth-order valence-electron chi connectivity index (χ4n) is 6.27. The van der Waals surface area contributed by atoms with E-state index in [1.54, 1.807) is 35.1 Å². The molecule has 3 aliphatic heterocycles. The Morgan fingerprint density at radius 3 is 2.57 bits per heavy atom. The Labute approximate surface area is 270 Å². The monoisotopic (exact) mass is 637 g/mol. The molecule has 0 radical (unpaired) electrons. The molecule has 0 aliphatic carbocycles. The van der Waals surface area contributed by atoms with Crippen LogP contribution in [0.4, 0.5) is 17.5 Å². The first kappa shape index (κ1) is 30.3. The summed E-state index contributed by atoms with van der Waals surface area (Å²) in [5.74, 6) is -0.323. The Bertz CT molecular complexity index is 1820. The third kappa shape index (κ3) is 6.36. The van der Waals surface area contributed by atoms with Crippen molar-refractivity contribution in [2.24, 2.45) is 0 Å². The number of aromatic nitrogens is 4. The summed E-state index contributed by atoms with van der Waals surface area (Å²) in [6.07, 6.45) is 8.44. The zero-order chi connectivity index (χ0) is 32.3. The number of imide groups is 2. The summed E-state index contributed by atoms with van der Waals surface area (Å²) in [5, 5.41) is 9.87. The standard InChI is InChI=1S/C33H35N9O5/c43-28-12-10-25(30(44)37-28)42-31(45)24-7-4-8-26(29(24)32(42)46)47-19-3-1-2-13-39-15-17-40(18-16-39)27-11-9-22(20-34-27)36-33-35-21-23-6-5-14-41(23)38-33/h4-9,11,14,20-21,25H,1-3,10,12-13,15-19H2,(H,36,38)(H,37,43,44). The number of pyridine rings is 1. The minimum Gasteiger partial charge on any atom is -0.493 e. The van der Waals surface area contributed by atoms with Gasteiger partial charge in [0.05, 0.1) is 41.3 Å². The van der Waals surface area contributed by atoms with Crippen molar-refractivity contribution < 1.29 is 23.9 Å². The van der Waals surface area contributed by atoms with Crippen LogP contribution in [0.1, 0.15) is 52.8 Å². The summed E-state index contributed by atoms with van der Waals surface area (Å²) in [5.41, 5.74) is 2.17. The summed E-state index contributed by atoms with van der Waals surface area (Å²) in [7, 11) is 0. The van der Waals surface area contributed by atoms with E-state index in [-0.39, 0.29) is 24.0 Å². The molecule has 1 aromatic carbocycles. The van der Waals surface area contributed by atoms with Crippen LogP contribution in [0.25, 0.3) is 5.52 Å². The predicted molar refractivity (Wildman–Crippen MR) is 172 cm³/mol. The average Bonchev–Trinajstić information content (AvgIpc) is 3.65. The number of hydrogen-bond donors (Lipinski definition) is 2. The number of fused-ring (bicyclic) bond motifs is 2. The lowest BCUT2D eigenvalue weighted by Crippen LogP contribution is -2.54. The maximum Gasteiger partial charge on any atom is 0.266 e. The minimum atomic E-state index is -0.999. The normalized spacial score (nSPS) is 18.5. The molecule has 2 N–H and O–H groups in total. The molecule has 0 spiro atoms. The highest BCUT2D eigenvalue weighted by Crippen LogP contribution is 2.33. The quantitative estimate of drug-likeness (QED) is 0.184. The number of carbonyl (C=O) groups excluding carboxylic acids is 4. The second-order valence-electron chi connectivity index (χ2n) is 11.9. The van der Waals surface area contributed by atoms with E-state index in [0.717, 1.165) is 73.9 Å². The smallest absolute Gasteiger partial charge is 0.266 e. The molecule has 0 saturated carbocycles. The van der Waals surface area contributed by atoms with Gasteiger partial charge in [0.25, 0.3) is 11.8 Å². The topological polar surface area (TPSA) is 154 Å². The summed E-state index contributed by atoms with van der Waals surface area (Å²) in [4.78, 5) is 64.9. The van der Waals surface area contributed by atoms with Gasteiger partial charge in [-0.15, -0.1) is 5.10 Å². The Morgan fingerprint density at radius 1 is 0.894 bits per heavy atom. The molecule has 1 atom stereocenters. The van der Waals surface area contributed by atoms with Crippen LogP contribution in [0, 0.1) is 0 Å². The zero-order valence-electron chi connectivity index (χ0n) is 25.8. The number of ether oxygens (including phenoxy) is 1. The molecule has 7 rings (SSSR count). The summed E-state index contributed by atoms with van der Waals surface area (Å²) in [6, 6.07) is 11.8. The van der Waals surface area contributed by atoms with Crippen LogP contribution in [0.2, 0.25) is 0 Å². The number of carbonyl (C=O) groups is 4. The Kier molecular flexibility index (Phi) is 8.48. The van der Waals surface area contributed by atoms with Crippen molar-refractivity contribution in [3.63, 3.8) is 0 Å². The van der Waals surface area contributed by atoms with Crippen LogP contribution in [0.3, 0.4) is 0 Å². The van der Waals surface area contributed by atoms with Crippen molar-refractivity contribution in [3.8, 4) is 5.75 Å². The van der Waals surface area contributed by atoms with E-state index >= 15 is 0 Å². The summed E-state index contributed by atoms with van der Waals surface area (Å²) < 4.78 is 7.74. The van der Waals surface area contributed by atoms with E-state index in [1.807, 2.05) is 30.5 Å². The number of nitrogens with one attached hydrogen (secondary N) is 2. The van der Waals surface area contributed by atoms with Gasteiger partial charge in [-0.05, 0) is 68.6 Å². The van der Waals surface area contributed by atoms with Gasteiger partial charge in [0, 0.05) is 38.8 Å². The highest BCUT2D eigenvalue weighted by atomic mass is 16.5. The first-order valence-electron chi connectivity index (χ1n) is 15.9. The molecule has 4 aromatic rings. The van der Waals surface area contributed by atoms with E-state index in [4.69, 9.17) is 4.74 Å². The fraction of sp³-hybridized carbons (Fsp3) is 0.364.